The predicted molar refractivity (Wildman–Crippen MR) is 125 cm³/mol. The van der Waals surface area contributed by atoms with Crippen molar-refractivity contribution in [2.75, 3.05) is 11.4 Å². The quantitative estimate of drug-likeness (QED) is 0.504. The highest BCUT2D eigenvalue weighted by Gasteiger charge is 2.41. The summed E-state index contributed by atoms with van der Waals surface area (Å²) in [6, 6.07) is 14.8. The number of hydrogen-bond acceptors (Lipinski definition) is 2. The lowest BCUT2D eigenvalue weighted by molar-refractivity contribution is 0.626. The molecule has 1 aromatic heterocycles. The summed E-state index contributed by atoms with van der Waals surface area (Å²) < 4.78 is 1.87. The molecule has 0 fully saturated rings. The van der Waals surface area contributed by atoms with Gasteiger partial charge >= 0.3 is 5.82 Å². The van der Waals surface area contributed by atoms with Crippen LogP contribution in [-0.4, -0.2) is 6.54 Å². The lowest BCUT2D eigenvalue weighted by atomic mass is 9.83. The summed E-state index contributed by atoms with van der Waals surface area (Å²) in [6.07, 6.45) is 6.76. The van der Waals surface area contributed by atoms with Crippen molar-refractivity contribution in [1.29, 1.82) is 0 Å². The Morgan fingerprint density at radius 2 is 1.80 bits per heavy atom. The van der Waals surface area contributed by atoms with Crippen LogP contribution < -0.4 is 14.0 Å². The molecule has 0 bridgehead atoms. The number of para-hydroxylation sites is 1. The third-order valence-corrected chi connectivity index (χ3v) is 7.46. The zero-order valence-electron chi connectivity index (χ0n) is 17.1. The second-order valence-electron chi connectivity index (χ2n) is 8.30. The van der Waals surface area contributed by atoms with Gasteiger partial charge in [0.05, 0.1) is 0 Å². The maximum Gasteiger partial charge on any atom is 0.537 e. The second kappa shape index (κ2) is 6.87. The number of hydrogen-bond donors (Lipinski definition) is 0. The summed E-state index contributed by atoms with van der Waals surface area (Å²) in [6.45, 7) is 20.4. The standard InChI is InChI=1S/C26H21N3S/c1-26(2)20-13-7-9-17-10-8-16-29(23(17)20)22(26)15-14-21-18-11-5-6-12-19(18)24(30-21)25(27-3)28-4/h5-7,9,11-15H,8,10,16H2,1-2H3/b21-14-,22-15-. The molecule has 2 aromatic carbocycles. The highest BCUT2D eigenvalue weighted by Crippen LogP contribution is 2.50. The zero-order chi connectivity index (χ0) is 20.9. The average molecular weight is 408 g/mol. The number of nitrogens with zero attached hydrogens (tertiary/aromatic N) is 3. The number of allylic oxidation sites excluding steroid dienone is 2. The molecule has 3 nitrogen and oxygen atoms in total. The Kier molecular flexibility index (Phi) is 4.28. The van der Waals surface area contributed by atoms with Crippen molar-refractivity contribution < 1.29 is 0 Å². The van der Waals surface area contributed by atoms with Gasteiger partial charge in [0.1, 0.15) is 17.7 Å². The van der Waals surface area contributed by atoms with E-state index in [1.807, 2.05) is 18.2 Å². The minimum atomic E-state index is -0.0492. The molecule has 0 atom stereocenters. The molecule has 0 unspecified atom stereocenters. The molecule has 0 radical (unpaired) electrons. The van der Waals surface area contributed by atoms with E-state index in [2.05, 4.69) is 64.9 Å². The third-order valence-electron chi connectivity index (χ3n) is 6.28. The topological polar surface area (TPSA) is 12.0 Å². The van der Waals surface area contributed by atoms with Crippen molar-refractivity contribution in [3.63, 3.8) is 0 Å². The van der Waals surface area contributed by atoms with Gasteiger partial charge in [-0.25, -0.2) is 0 Å². The number of anilines is 1. The molecule has 0 N–H and O–H groups in total. The van der Waals surface area contributed by atoms with E-state index in [0.29, 0.717) is 0 Å². The molecule has 2 aliphatic heterocycles. The number of aryl methyl sites for hydroxylation is 1. The van der Waals surface area contributed by atoms with Crippen LogP contribution in [0.5, 0.6) is 0 Å². The fourth-order valence-corrected chi connectivity index (χ4v) is 5.97. The van der Waals surface area contributed by atoms with Crippen LogP contribution in [0.25, 0.3) is 32.4 Å². The van der Waals surface area contributed by atoms with E-state index in [1.54, 1.807) is 11.3 Å². The predicted octanol–water partition coefficient (Wildman–Crippen LogP) is 5.21. The summed E-state index contributed by atoms with van der Waals surface area (Å²) in [5, 5.41) is 2.09. The molecule has 0 saturated carbocycles. The van der Waals surface area contributed by atoms with Gasteiger partial charge in [-0.2, -0.15) is 9.69 Å². The smallest absolute Gasteiger partial charge is 0.344 e. The molecule has 4 heteroatoms. The summed E-state index contributed by atoms with van der Waals surface area (Å²) in [5.41, 5.74) is 5.54. The van der Waals surface area contributed by atoms with Gasteiger partial charge in [0.2, 0.25) is 0 Å². The molecular formula is C26H21N3S. The van der Waals surface area contributed by atoms with E-state index >= 15 is 0 Å². The van der Waals surface area contributed by atoms with Gasteiger partial charge in [0.15, 0.2) is 0 Å². The largest absolute Gasteiger partial charge is 0.537 e. The monoisotopic (exact) mass is 407 g/mol. The first kappa shape index (κ1) is 18.7. The molecule has 146 valence electrons. The number of benzene rings is 2. The molecule has 2 aliphatic rings. The fourth-order valence-electron chi connectivity index (χ4n) is 4.86. The van der Waals surface area contributed by atoms with Crippen LogP contribution in [0, 0.1) is 13.1 Å². The van der Waals surface area contributed by atoms with Crippen molar-refractivity contribution in [1.82, 2.24) is 0 Å². The number of fused-ring (bicyclic) bond motifs is 1. The van der Waals surface area contributed by atoms with Crippen LogP contribution in [0.1, 0.15) is 31.4 Å². The summed E-state index contributed by atoms with van der Waals surface area (Å²) in [4.78, 5) is 9.41. The first-order valence-electron chi connectivity index (χ1n) is 10.2. The van der Waals surface area contributed by atoms with Crippen molar-refractivity contribution in [3.05, 3.63) is 97.3 Å². The molecule has 0 aliphatic carbocycles. The SMILES string of the molecule is [C-]#[N+]C([N+]#[C-])=c1s/c(=C\C=C2/N3CCCc4cccc(c43)C2(C)C)c2ccccc12. The molecule has 0 spiro atoms. The molecule has 5 rings (SSSR count). The molecule has 30 heavy (non-hydrogen) atoms. The first-order chi connectivity index (χ1) is 14.6. The zero-order valence-corrected chi connectivity index (χ0v) is 17.9. The fraction of sp³-hybridized carbons (Fsp3) is 0.231. The summed E-state index contributed by atoms with van der Waals surface area (Å²) >= 11 is 1.54. The lowest BCUT2D eigenvalue weighted by Gasteiger charge is -2.30. The molecule has 0 saturated heterocycles. The van der Waals surface area contributed by atoms with Gasteiger partial charge in [-0.3, -0.25) is 0 Å². The Morgan fingerprint density at radius 3 is 2.57 bits per heavy atom. The molecule has 0 amide bonds. The third kappa shape index (κ3) is 2.61. The van der Waals surface area contributed by atoms with Crippen LogP contribution in [0.3, 0.4) is 0 Å². The highest BCUT2D eigenvalue weighted by molar-refractivity contribution is 7.09. The van der Waals surface area contributed by atoms with Gasteiger partial charge in [-0.1, -0.05) is 56.3 Å². The van der Waals surface area contributed by atoms with Crippen LogP contribution in [0.2, 0.25) is 0 Å². The number of rotatable bonds is 1. The van der Waals surface area contributed by atoms with Crippen molar-refractivity contribution in [2.45, 2.75) is 32.1 Å². The summed E-state index contributed by atoms with van der Waals surface area (Å²) in [5.74, 6) is 0.151. The lowest BCUT2D eigenvalue weighted by Crippen LogP contribution is -2.29. The van der Waals surface area contributed by atoms with E-state index in [0.717, 1.165) is 32.8 Å². The maximum absolute atomic E-state index is 7.38. The average Bonchev–Trinajstić information content (AvgIpc) is 3.23. The van der Waals surface area contributed by atoms with Gasteiger partial charge in [-0.05, 0) is 46.9 Å². The van der Waals surface area contributed by atoms with Crippen LogP contribution in [-0.2, 0) is 11.8 Å². The van der Waals surface area contributed by atoms with Crippen molar-refractivity contribution in [2.24, 2.45) is 0 Å². The Bertz CT molecular complexity index is 1410. The Balaban J connectivity index is 1.74. The Hall–Kier alpha value is -3.34. The molecular weight excluding hydrogens is 386 g/mol. The van der Waals surface area contributed by atoms with E-state index in [1.165, 1.54) is 28.9 Å². The van der Waals surface area contributed by atoms with Crippen LogP contribution in [0.4, 0.5) is 5.69 Å². The van der Waals surface area contributed by atoms with Gasteiger partial charge in [0, 0.05) is 27.9 Å². The minimum Gasteiger partial charge on any atom is -0.344 e. The van der Waals surface area contributed by atoms with Gasteiger partial charge < -0.3 is 4.90 Å². The second-order valence-corrected chi connectivity index (χ2v) is 9.35. The van der Waals surface area contributed by atoms with Crippen LogP contribution in [0.15, 0.2) is 54.2 Å². The van der Waals surface area contributed by atoms with E-state index < -0.39 is 0 Å². The van der Waals surface area contributed by atoms with Crippen molar-refractivity contribution in [3.8, 4) is 0 Å². The minimum absolute atomic E-state index is 0.0492. The van der Waals surface area contributed by atoms with E-state index in [9.17, 15) is 0 Å². The summed E-state index contributed by atoms with van der Waals surface area (Å²) in [7, 11) is 0. The van der Waals surface area contributed by atoms with E-state index in [4.69, 9.17) is 13.1 Å². The van der Waals surface area contributed by atoms with Gasteiger partial charge in [-0.15, -0.1) is 11.3 Å². The van der Waals surface area contributed by atoms with E-state index in [-0.39, 0.29) is 11.2 Å². The Labute approximate surface area is 180 Å². The molecule has 3 aromatic rings. The van der Waals surface area contributed by atoms with Crippen LogP contribution >= 0.6 is 11.3 Å². The Morgan fingerprint density at radius 1 is 1.03 bits per heavy atom. The van der Waals surface area contributed by atoms with Gasteiger partial charge in [0.25, 0.3) is 0 Å². The normalized spacial score (nSPS) is 18.3. The number of thiophene rings is 1. The highest BCUT2D eigenvalue weighted by atomic mass is 32.1. The molecule has 3 heterocycles. The maximum atomic E-state index is 7.38. The first-order valence-corrected chi connectivity index (χ1v) is 11.0. The van der Waals surface area contributed by atoms with Crippen molar-refractivity contribution >= 4 is 39.7 Å².